The van der Waals surface area contributed by atoms with Gasteiger partial charge in [0, 0.05) is 9.75 Å². The molecule has 0 radical (unpaired) electrons. The fourth-order valence-electron chi connectivity index (χ4n) is 3.09. The lowest BCUT2D eigenvalue weighted by Crippen LogP contribution is -2.16. The zero-order valence-corrected chi connectivity index (χ0v) is 13.5. The summed E-state index contributed by atoms with van der Waals surface area (Å²) < 4.78 is 13.8. The van der Waals surface area contributed by atoms with Crippen LogP contribution in [0, 0.1) is 12.7 Å². The van der Waals surface area contributed by atoms with E-state index in [4.69, 9.17) is 0 Å². The number of fused-ring (bicyclic) bond motifs is 1. The Morgan fingerprint density at radius 3 is 2.71 bits per heavy atom. The summed E-state index contributed by atoms with van der Waals surface area (Å²) in [6, 6.07) is 8.00. The van der Waals surface area contributed by atoms with E-state index in [0.717, 1.165) is 5.56 Å². The minimum Gasteiger partial charge on any atom is -0.309 e. The molecule has 1 unspecified atom stereocenters. The molecule has 0 saturated carbocycles. The third-order valence-electron chi connectivity index (χ3n) is 4.37. The molecule has 1 aliphatic rings. The Kier molecular flexibility index (Phi) is 4.41. The van der Waals surface area contributed by atoms with E-state index in [1.807, 2.05) is 30.5 Å². The van der Waals surface area contributed by atoms with E-state index in [-0.39, 0.29) is 11.9 Å². The van der Waals surface area contributed by atoms with Crippen molar-refractivity contribution in [1.29, 1.82) is 0 Å². The molecule has 1 heterocycles. The topological polar surface area (TPSA) is 12.0 Å². The van der Waals surface area contributed by atoms with Crippen LogP contribution in [-0.4, -0.2) is 7.05 Å². The Labute approximate surface area is 130 Å². The summed E-state index contributed by atoms with van der Waals surface area (Å²) in [4.78, 5) is 2.85. The van der Waals surface area contributed by atoms with Gasteiger partial charge < -0.3 is 5.32 Å². The van der Waals surface area contributed by atoms with Gasteiger partial charge in [-0.15, -0.1) is 11.3 Å². The Bertz CT molecular complexity index is 609. The van der Waals surface area contributed by atoms with Gasteiger partial charge in [0.05, 0.1) is 6.04 Å². The molecular weight excluding hydrogens is 281 g/mol. The van der Waals surface area contributed by atoms with Gasteiger partial charge in [0.15, 0.2) is 0 Å². The predicted molar refractivity (Wildman–Crippen MR) is 87.6 cm³/mol. The number of hydrogen-bond acceptors (Lipinski definition) is 2. The molecule has 0 aliphatic heterocycles. The van der Waals surface area contributed by atoms with Gasteiger partial charge in [-0.1, -0.05) is 18.6 Å². The monoisotopic (exact) mass is 303 g/mol. The SMILES string of the molecule is CNC(c1ccc(C)c(F)c1)c1cc2c(s1)CCCCC2. The van der Waals surface area contributed by atoms with E-state index < -0.39 is 0 Å². The van der Waals surface area contributed by atoms with Crippen LogP contribution < -0.4 is 5.32 Å². The maximum atomic E-state index is 13.8. The summed E-state index contributed by atoms with van der Waals surface area (Å²) >= 11 is 1.90. The largest absolute Gasteiger partial charge is 0.309 e. The summed E-state index contributed by atoms with van der Waals surface area (Å²) in [5.74, 6) is -0.120. The Morgan fingerprint density at radius 1 is 1.14 bits per heavy atom. The van der Waals surface area contributed by atoms with Gasteiger partial charge in [-0.25, -0.2) is 4.39 Å². The summed E-state index contributed by atoms with van der Waals surface area (Å²) in [7, 11) is 1.95. The molecule has 21 heavy (non-hydrogen) atoms. The van der Waals surface area contributed by atoms with Crippen LogP contribution in [0.5, 0.6) is 0 Å². The smallest absolute Gasteiger partial charge is 0.126 e. The number of thiophene rings is 1. The van der Waals surface area contributed by atoms with Crippen molar-refractivity contribution >= 4 is 11.3 Å². The third-order valence-corrected chi connectivity index (χ3v) is 5.67. The zero-order valence-electron chi connectivity index (χ0n) is 12.7. The molecule has 0 spiro atoms. The van der Waals surface area contributed by atoms with Crippen LogP contribution in [0.1, 0.15) is 51.7 Å². The van der Waals surface area contributed by atoms with Crippen molar-refractivity contribution in [3.05, 3.63) is 56.5 Å². The first kappa shape index (κ1) is 14.7. The van der Waals surface area contributed by atoms with Crippen molar-refractivity contribution in [2.24, 2.45) is 0 Å². The van der Waals surface area contributed by atoms with E-state index in [0.29, 0.717) is 5.56 Å². The van der Waals surface area contributed by atoms with E-state index in [1.54, 1.807) is 13.0 Å². The lowest BCUT2D eigenvalue weighted by Gasteiger charge is -2.15. The van der Waals surface area contributed by atoms with Crippen molar-refractivity contribution in [2.45, 2.75) is 45.1 Å². The fourth-order valence-corrected chi connectivity index (χ4v) is 4.49. The maximum absolute atomic E-state index is 13.8. The van der Waals surface area contributed by atoms with Crippen LogP contribution in [0.3, 0.4) is 0 Å². The number of nitrogens with one attached hydrogen (secondary N) is 1. The van der Waals surface area contributed by atoms with E-state index in [2.05, 4.69) is 11.4 Å². The van der Waals surface area contributed by atoms with Crippen LogP contribution >= 0.6 is 11.3 Å². The van der Waals surface area contributed by atoms with Crippen molar-refractivity contribution in [3.8, 4) is 0 Å². The van der Waals surface area contributed by atoms with Gasteiger partial charge in [0.2, 0.25) is 0 Å². The molecule has 0 saturated heterocycles. The highest BCUT2D eigenvalue weighted by Gasteiger charge is 2.19. The first-order valence-corrected chi connectivity index (χ1v) is 8.55. The second kappa shape index (κ2) is 6.29. The minimum absolute atomic E-state index is 0.0945. The number of halogens is 1. The number of rotatable bonds is 3. The zero-order chi connectivity index (χ0) is 14.8. The molecule has 3 heteroatoms. The first-order valence-electron chi connectivity index (χ1n) is 7.74. The van der Waals surface area contributed by atoms with Crippen LogP contribution in [-0.2, 0) is 12.8 Å². The van der Waals surface area contributed by atoms with Gasteiger partial charge in [-0.3, -0.25) is 0 Å². The molecule has 3 rings (SSSR count). The Morgan fingerprint density at radius 2 is 1.95 bits per heavy atom. The standard InChI is InChI=1S/C18H22FNS/c1-12-8-9-14(10-15(12)19)18(20-2)17-11-13-6-4-3-5-7-16(13)21-17/h8-11,18,20H,3-7H2,1-2H3. The lowest BCUT2D eigenvalue weighted by molar-refractivity contribution is 0.609. The molecule has 0 fully saturated rings. The van der Waals surface area contributed by atoms with Gasteiger partial charge >= 0.3 is 0 Å². The van der Waals surface area contributed by atoms with E-state index in [1.165, 1.54) is 47.4 Å². The lowest BCUT2D eigenvalue weighted by atomic mass is 10.0. The average molecular weight is 303 g/mol. The van der Waals surface area contributed by atoms with E-state index >= 15 is 0 Å². The summed E-state index contributed by atoms with van der Waals surface area (Å²) in [5, 5.41) is 3.35. The van der Waals surface area contributed by atoms with E-state index in [9.17, 15) is 4.39 Å². The average Bonchev–Trinajstić information content (AvgIpc) is 2.74. The highest BCUT2D eigenvalue weighted by molar-refractivity contribution is 7.12. The van der Waals surface area contributed by atoms with Gasteiger partial charge in [0.1, 0.15) is 5.82 Å². The molecule has 2 aromatic rings. The van der Waals surface area contributed by atoms with Crippen molar-refractivity contribution in [1.82, 2.24) is 5.32 Å². The van der Waals surface area contributed by atoms with Gasteiger partial charge in [-0.05, 0) is 68.5 Å². The second-order valence-corrected chi connectivity index (χ2v) is 7.06. The van der Waals surface area contributed by atoms with Gasteiger partial charge in [-0.2, -0.15) is 0 Å². The minimum atomic E-state index is -0.120. The van der Waals surface area contributed by atoms with Gasteiger partial charge in [0.25, 0.3) is 0 Å². The van der Waals surface area contributed by atoms with Crippen LogP contribution in [0.25, 0.3) is 0 Å². The fraction of sp³-hybridized carbons (Fsp3) is 0.444. The molecule has 0 bridgehead atoms. The normalized spacial score (nSPS) is 16.3. The Hall–Kier alpha value is -1.19. The molecule has 1 aliphatic carbocycles. The summed E-state index contributed by atoms with van der Waals surface area (Å²) in [5.41, 5.74) is 3.23. The van der Waals surface area contributed by atoms with Crippen molar-refractivity contribution in [3.63, 3.8) is 0 Å². The highest BCUT2D eigenvalue weighted by atomic mass is 32.1. The van der Waals surface area contributed by atoms with Crippen LogP contribution in [0.15, 0.2) is 24.3 Å². The molecule has 0 amide bonds. The summed E-state index contributed by atoms with van der Waals surface area (Å²) in [6.07, 6.45) is 6.35. The molecule has 1 nitrogen and oxygen atoms in total. The number of aryl methyl sites for hydroxylation is 3. The first-order chi connectivity index (χ1) is 10.2. The molecule has 1 aromatic carbocycles. The van der Waals surface area contributed by atoms with Crippen LogP contribution in [0.4, 0.5) is 4.39 Å². The third kappa shape index (κ3) is 3.04. The summed E-state index contributed by atoms with van der Waals surface area (Å²) in [6.45, 7) is 1.81. The maximum Gasteiger partial charge on any atom is 0.126 e. The van der Waals surface area contributed by atoms with Crippen LogP contribution in [0.2, 0.25) is 0 Å². The van der Waals surface area contributed by atoms with Crippen molar-refractivity contribution in [2.75, 3.05) is 7.05 Å². The predicted octanol–water partition coefficient (Wildman–Crippen LogP) is 4.77. The quantitative estimate of drug-likeness (QED) is 0.805. The number of hydrogen-bond donors (Lipinski definition) is 1. The highest BCUT2D eigenvalue weighted by Crippen LogP contribution is 2.35. The Balaban J connectivity index is 1.94. The molecule has 1 N–H and O–H groups in total. The molecular formula is C18H22FNS. The molecule has 112 valence electrons. The molecule has 1 aromatic heterocycles. The van der Waals surface area contributed by atoms with Crippen molar-refractivity contribution < 1.29 is 4.39 Å². The second-order valence-electron chi connectivity index (χ2n) is 5.89. The molecule has 1 atom stereocenters. The number of benzene rings is 1.